The topological polar surface area (TPSA) is 74.2 Å². The molecule has 0 aliphatic carbocycles. The number of hydrogen-bond donors (Lipinski definition) is 1. The first-order valence-corrected chi connectivity index (χ1v) is 5.90. The molecule has 1 aromatic carbocycles. The van der Waals surface area contributed by atoms with Crippen molar-refractivity contribution in [2.75, 3.05) is 13.7 Å². The molecule has 2 N–H and O–H groups in total. The Kier molecular flexibility index (Phi) is 3.75. The third kappa shape index (κ3) is 2.65. The third-order valence-corrected chi connectivity index (χ3v) is 2.72. The number of aromatic nitrogens is 2. The van der Waals surface area contributed by atoms with Gasteiger partial charge in [0.05, 0.1) is 12.7 Å². The zero-order valence-electron chi connectivity index (χ0n) is 9.31. The minimum atomic E-state index is 0.483. The predicted octanol–water partition coefficient (Wildman–Crippen LogP) is 2.01. The highest BCUT2D eigenvalue weighted by atomic mass is 79.9. The summed E-state index contributed by atoms with van der Waals surface area (Å²) in [4.78, 5) is 4.26. The van der Waals surface area contributed by atoms with Crippen molar-refractivity contribution in [1.82, 2.24) is 10.1 Å². The van der Waals surface area contributed by atoms with Crippen LogP contribution in [0.3, 0.4) is 0 Å². The van der Waals surface area contributed by atoms with E-state index in [1.54, 1.807) is 7.11 Å². The molecule has 1 heterocycles. The van der Waals surface area contributed by atoms with Crippen LogP contribution in [-0.2, 0) is 6.42 Å². The Morgan fingerprint density at radius 1 is 1.47 bits per heavy atom. The summed E-state index contributed by atoms with van der Waals surface area (Å²) in [6.45, 7) is 0.483. The molecular formula is C11H12BrN3O2. The molecule has 0 saturated carbocycles. The summed E-state index contributed by atoms with van der Waals surface area (Å²) in [6, 6.07) is 5.62. The predicted molar refractivity (Wildman–Crippen MR) is 66.7 cm³/mol. The SMILES string of the molecule is COc1ccc(Br)cc1-c1noc(CCN)n1. The lowest BCUT2D eigenvalue weighted by atomic mass is 10.2. The summed E-state index contributed by atoms with van der Waals surface area (Å²) in [5.41, 5.74) is 6.21. The van der Waals surface area contributed by atoms with E-state index in [1.807, 2.05) is 18.2 Å². The first-order valence-electron chi connectivity index (χ1n) is 5.11. The number of hydrogen-bond acceptors (Lipinski definition) is 5. The quantitative estimate of drug-likeness (QED) is 0.934. The average molecular weight is 298 g/mol. The Morgan fingerprint density at radius 2 is 2.29 bits per heavy atom. The average Bonchev–Trinajstić information content (AvgIpc) is 2.78. The number of nitrogens with two attached hydrogens (primary N) is 1. The maximum absolute atomic E-state index is 5.43. The minimum absolute atomic E-state index is 0.483. The summed E-state index contributed by atoms with van der Waals surface area (Å²) < 4.78 is 11.3. The van der Waals surface area contributed by atoms with Crippen LogP contribution in [0.2, 0.25) is 0 Å². The lowest BCUT2D eigenvalue weighted by molar-refractivity contribution is 0.379. The van der Waals surface area contributed by atoms with Crippen molar-refractivity contribution in [3.8, 4) is 17.1 Å². The molecule has 1 aromatic heterocycles. The van der Waals surface area contributed by atoms with Gasteiger partial charge in [0.1, 0.15) is 5.75 Å². The van der Waals surface area contributed by atoms with Gasteiger partial charge in [-0.05, 0) is 18.2 Å². The van der Waals surface area contributed by atoms with E-state index >= 15 is 0 Å². The van der Waals surface area contributed by atoms with E-state index in [2.05, 4.69) is 26.1 Å². The molecule has 2 aromatic rings. The van der Waals surface area contributed by atoms with Crippen LogP contribution in [0.4, 0.5) is 0 Å². The van der Waals surface area contributed by atoms with Gasteiger partial charge in [0.25, 0.3) is 0 Å². The summed E-state index contributed by atoms with van der Waals surface area (Å²) in [5.74, 6) is 1.74. The first kappa shape index (κ1) is 12.1. The number of benzene rings is 1. The molecule has 5 nitrogen and oxygen atoms in total. The summed E-state index contributed by atoms with van der Waals surface area (Å²) in [7, 11) is 1.60. The lowest BCUT2D eigenvalue weighted by Crippen LogP contribution is -2.02. The van der Waals surface area contributed by atoms with E-state index in [-0.39, 0.29) is 0 Å². The summed E-state index contributed by atoms with van der Waals surface area (Å²) in [6.07, 6.45) is 0.573. The van der Waals surface area contributed by atoms with Crippen LogP contribution < -0.4 is 10.5 Å². The Hall–Kier alpha value is -1.40. The van der Waals surface area contributed by atoms with Gasteiger partial charge in [-0.25, -0.2) is 0 Å². The van der Waals surface area contributed by atoms with Crippen molar-refractivity contribution in [1.29, 1.82) is 0 Å². The Bertz CT molecular complexity index is 513. The number of ether oxygens (including phenoxy) is 1. The zero-order valence-corrected chi connectivity index (χ0v) is 10.9. The van der Waals surface area contributed by atoms with Gasteiger partial charge in [-0.3, -0.25) is 0 Å². The number of nitrogens with zero attached hydrogens (tertiary/aromatic N) is 2. The molecule has 0 amide bonds. The van der Waals surface area contributed by atoms with Crippen molar-refractivity contribution in [3.63, 3.8) is 0 Å². The van der Waals surface area contributed by atoms with Crippen LogP contribution in [0.15, 0.2) is 27.2 Å². The highest BCUT2D eigenvalue weighted by molar-refractivity contribution is 9.10. The van der Waals surface area contributed by atoms with Crippen molar-refractivity contribution in [3.05, 3.63) is 28.6 Å². The van der Waals surface area contributed by atoms with Crippen molar-refractivity contribution < 1.29 is 9.26 Å². The van der Waals surface area contributed by atoms with Crippen molar-refractivity contribution in [2.45, 2.75) is 6.42 Å². The van der Waals surface area contributed by atoms with Gasteiger partial charge >= 0.3 is 0 Å². The van der Waals surface area contributed by atoms with Gasteiger partial charge < -0.3 is 15.0 Å². The van der Waals surface area contributed by atoms with E-state index in [9.17, 15) is 0 Å². The standard InChI is InChI=1S/C11H12BrN3O2/c1-16-9-3-2-7(12)6-8(9)11-14-10(4-5-13)17-15-11/h2-3,6H,4-5,13H2,1H3. The molecule has 0 bridgehead atoms. The van der Waals surface area contributed by atoms with Crippen LogP contribution in [0, 0.1) is 0 Å². The second-order valence-corrected chi connectivity index (χ2v) is 4.31. The molecule has 0 unspecified atom stereocenters. The van der Waals surface area contributed by atoms with Crippen LogP contribution in [0.1, 0.15) is 5.89 Å². The van der Waals surface area contributed by atoms with Gasteiger partial charge in [-0.15, -0.1) is 0 Å². The maximum atomic E-state index is 5.43. The fraction of sp³-hybridized carbons (Fsp3) is 0.273. The molecule has 6 heteroatoms. The highest BCUT2D eigenvalue weighted by Crippen LogP contribution is 2.30. The molecule has 0 radical (unpaired) electrons. The molecule has 0 fully saturated rings. The van der Waals surface area contributed by atoms with E-state index in [0.29, 0.717) is 30.4 Å². The monoisotopic (exact) mass is 297 g/mol. The fourth-order valence-corrected chi connectivity index (χ4v) is 1.81. The lowest BCUT2D eigenvalue weighted by Gasteiger charge is -2.04. The molecule has 0 saturated heterocycles. The molecule has 17 heavy (non-hydrogen) atoms. The number of rotatable bonds is 4. The molecule has 0 aliphatic rings. The van der Waals surface area contributed by atoms with Crippen LogP contribution in [0.25, 0.3) is 11.4 Å². The Balaban J connectivity index is 2.40. The second-order valence-electron chi connectivity index (χ2n) is 3.40. The second kappa shape index (κ2) is 5.29. The summed E-state index contributed by atoms with van der Waals surface area (Å²) >= 11 is 3.40. The van der Waals surface area contributed by atoms with Crippen LogP contribution in [-0.4, -0.2) is 23.8 Å². The molecule has 0 spiro atoms. The molecule has 0 atom stereocenters. The van der Waals surface area contributed by atoms with Gasteiger partial charge in [0.15, 0.2) is 0 Å². The minimum Gasteiger partial charge on any atom is -0.496 e. The van der Waals surface area contributed by atoms with E-state index in [0.717, 1.165) is 10.0 Å². The van der Waals surface area contributed by atoms with Crippen LogP contribution in [0.5, 0.6) is 5.75 Å². The smallest absolute Gasteiger partial charge is 0.228 e. The van der Waals surface area contributed by atoms with E-state index < -0.39 is 0 Å². The van der Waals surface area contributed by atoms with E-state index in [1.165, 1.54) is 0 Å². The third-order valence-electron chi connectivity index (χ3n) is 2.23. The maximum Gasteiger partial charge on any atom is 0.228 e. The van der Waals surface area contributed by atoms with Crippen LogP contribution >= 0.6 is 15.9 Å². The summed E-state index contributed by atoms with van der Waals surface area (Å²) in [5, 5.41) is 3.91. The Labute approximate surface area is 107 Å². The fourth-order valence-electron chi connectivity index (χ4n) is 1.44. The largest absolute Gasteiger partial charge is 0.496 e. The Morgan fingerprint density at radius 3 is 3.00 bits per heavy atom. The first-order chi connectivity index (χ1) is 8.24. The normalized spacial score (nSPS) is 10.5. The van der Waals surface area contributed by atoms with Gasteiger partial charge in [-0.2, -0.15) is 4.98 Å². The van der Waals surface area contributed by atoms with Gasteiger partial charge in [-0.1, -0.05) is 21.1 Å². The van der Waals surface area contributed by atoms with Crippen molar-refractivity contribution in [2.24, 2.45) is 5.73 Å². The number of halogens is 1. The zero-order chi connectivity index (χ0) is 12.3. The van der Waals surface area contributed by atoms with Gasteiger partial charge in [0.2, 0.25) is 11.7 Å². The number of methoxy groups -OCH3 is 1. The molecular weight excluding hydrogens is 286 g/mol. The molecule has 0 aliphatic heterocycles. The highest BCUT2D eigenvalue weighted by Gasteiger charge is 2.13. The molecule has 2 rings (SSSR count). The van der Waals surface area contributed by atoms with Crippen molar-refractivity contribution >= 4 is 15.9 Å². The van der Waals surface area contributed by atoms with E-state index in [4.69, 9.17) is 15.0 Å². The molecule has 90 valence electrons. The van der Waals surface area contributed by atoms with Gasteiger partial charge in [0, 0.05) is 17.4 Å².